The zero-order valence-corrected chi connectivity index (χ0v) is 16.3. The molecule has 0 amide bonds. The summed E-state index contributed by atoms with van der Waals surface area (Å²) in [5.41, 5.74) is 0. The van der Waals surface area contributed by atoms with E-state index in [9.17, 15) is 0 Å². The van der Waals surface area contributed by atoms with Crippen LogP contribution in [0.3, 0.4) is 0 Å². The average molecular weight is 327 g/mol. The van der Waals surface area contributed by atoms with Gasteiger partial charge < -0.3 is 0 Å². The second-order valence-electron chi connectivity index (χ2n) is 5.34. The van der Waals surface area contributed by atoms with Gasteiger partial charge in [-0.2, -0.15) is 22.2 Å². The van der Waals surface area contributed by atoms with Crippen molar-refractivity contribution in [2.24, 2.45) is 0 Å². The standard InChI is InChI=1S/C16H34.Cl2H2Si/c1-3-5-7-9-11-13-15-16-14-12-10-8-6-4-2;1-3-2/h3-16H2,1-2H3;3H2. The van der Waals surface area contributed by atoms with Gasteiger partial charge in [-0.3, -0.25) is 0 Å². The van der Waals surface area contributed by atoms with Crippen LogP contribution in [0.2, 0.25) is 0 Å². The van der Waals surface area contributed by atoms with E-state index in [4.69, 9.17) is 22.2 Å². The van der Waals surface area contributed by atoms with E-state index in [1.165, 1.54) is 89.9 Å². The molecule has 0 aromatic rings. The van der Waals surface area contributed by atoms with E-state index >= 15 is 0 Å². The van der Waals surface area contributed by atoms with Crippen LogP contribution in [0.5, 0.6) is 0 Å². The summed E-state index contributed by atoms with van der Waals surface area (Å²) in [6, 6.07) is 0. The lowest BCUT2D eigenvalue weighted by molar-refractivity contribution is 0.538. The van der Waals surface area contributed by atoms with Crippen LogP contribution in [0.1, 0.15) is 104 Å². The molecule has 0 rings (SSSR count). The Morgan fingerprint density at radius 2 is 0.632 bits per heavy atom. The number of hydrogen-bond acceptors (Lipinski definition) is 0. The van der Waals surface area contributed by atoms with Crippen LogP contribution >= 0.6 is 22.2 Å². The van der Waals surface area contributed by atoms with E-state index in [0.717, 1.165) is 0 Å². The molecule has 0 heterocycles. The van der Waals surface area contributed by atoms with E-state index in [2.05, 4.69) is 13.8 Å². The Bertz CT molecular complexity index is 118. The van der Waals surface area contributed by atoms with Gasteiger partial charge in [-0.25, -0.2) is 0 Å². The summed E-state index contributed by atoms with van der Waals surface area (Å²) in [5, 5.41) is 0. The first-order chi connectivity index (χ1) is 9.33. The van der Waals surface area contributed by atoms with Gasteiger partial charge in [0, 0.05) is 0 Å². The van der Waals surface area contributed by atoms with Crippen LogP contribution in [0.15, 0.2) is 0 Å². The van der Waals surface area contributed by atoms with Crippen molar-refractivity contribution in [1.82, 2.24) is 0 Å². The number of hydrogen-bond donors (Lipinski definition) is 0. The summed E-state index contributed by atoms with van der Waals surface area (Å²) in [4.78, 5) is 0. The molecule has 0 saturated heterocycles. The van der Waals surface area contributed by atoms with Gasteiger partial charge in [0.15, 0.2) is 0 Å². The van der Waals surface area contributed by atoms with Gasteiger partial charge in [-0.1, -0.05) is 104 Å². The lowest BCUT2D eigenvalue weighted by Crippen LogP contribution is -1.82. The van der Waals surface area contributed by atoms with Gasteiger partial charge >= 0.3 is 0 Å². The van der Waals surface area contributed by atoms with Gasteiger partial charge in [0.2, 0.25) is 8.14 Å². The van der Waals surface area contributed by atoms with E-state index in [-0.39, 0.29) is 0 Å². The lowest BCUT2D eigenvalue weighted by atomic mass is 10.0. The molecule has 0 nitrogen and oxygen atoms in total. The molecule has 0 unspecified atom stereocenters. The van der Waals surface area contributed by atoms with Crippen molar-refractivity contribution in [2.75, 3.05) is 0 Å². The van der Waals surface area contributed by atoms with Crippen LogP contribution in [-0.4, -0.2) is 8.14 Å². The van der Waals surface area contributed by atoms with Crippen molar-refractivity contribution >= 4 is 30.3 Å². The van der Waals surface area contributed by atoms with Crippen molar-refractivity contribution < 1.29 is 0 Å². The second-order valence-corrected chi connectivity index (χ2v) is 7.97. The SMILES string of the molecule is CCCCCCCCCCCCCCCC.Cl[SiH2]Cl. The van der Waals surface area contributed by atoms with Crippen molar-refractivity contribution in [3.05, 3.63) is 0 Å². The minimum absolute atomic E-state index is 0.639. The van der Waals surface area contributed by atoms with Crippen LogP contribution in [0.25, 0.3) is 0 Å². The summed E-state index contributed by atoms with van der Waals surface area (Å²) in [6.07, 6.45) is 20.4. The molecule has 0 aliphatic rings. The normalized spacial score (nSPS) is 10.1. The van der Waals surface area contributed by atoms with E-state index in [1.54, 1.807) is 0 Å². The van der Waals surface area contributed by atoms with Crippen LogP contribution in [0.4, 0.5) is 0 Å². The minimum atomic E-state index is -0.639. The Balaban J connectivity index is 0. The molecular formula is C16H36Cl2Si. The molecule has 0 atom stereocenters. The maximum atomic E-state index is 4.90. The molecule has 0 fully saturated rings. The Hall–Kier alpha value is 0.797. The predicted molar refractivity (Wildman–Crippen MR) is 96.2 cm³/mol. The van der Waals surface area contributed by atoms with Crippen LogP contribution < -0.4 is 0 Å². The van der Waals surface area contributed by atoms with Gasteiger partial charge in [-0.05, 0) is 0 Å². The molecule has 0 N–H and O–H groups in total. The van der Waals surface area contributed by atoms with Crippen molar-refractivity contribution in [3.63, 3.8) is 0 Å². The topological polar surface area (TPSA) is 0 Å². The lowest BCUT2D eigenvalue weighted by Gasteiger charge is -2.02. The van der Waals surface area contributed by atoms with Gasteiger partial charge in [0.1, 0.15) is 0 Å². The summed E-state index contributed by atoms with van der Waals surface area (Å²) in [5.74, 6) is 0. The molecule has 0 aliphatic heterocycles. The molecule has 0 aromatic heterocycles. The first kappa shape index (κ1) is 22.1. The maximum absolute atomic E-state index is 4.90. The summed E-state index contributed by atoms with van der Waals surface area (Å²) in [7, 11) is -0.639. The molecule has 3 heteroatoms. The smallest absolute Gasteiger partial charge is 0.155 e. The molecule has 0 aliphatic carbocycles. The first-order valence-corrected chi connectivity index (χ1v) is 12.7. The molecule has 118 valence electrons. The van der Waals surface area contributed by atoms with E-state index in [1.807, 2.05) is 0 Å². The van der Waals surface area contributed by atoms with E-state index < -0.39 is 8.14 Å². The highest BCUT2D eigenvalue weighted by Gasteiger charge is 1.92. The highest BCUT2D eigenvalue weighted by Crippen LogP contribution is 2.12. The Morgan fingerprint density at radius 1 is 0.474 bits per heavy atom. The molecule has 0 radical (unpaired) electrons. The monoisotopic (exact) mass is 326 g/mol. The average Bonchev–Trinajstić information content (AvgIpc) is 2.41. The molecule has 0 saturated carbocycles. The highest BCUT2D eigenvalue weighted by molar-refractivity contribution is 7.22. The van der Waals surface area contributed by atoms with Gasteiger partial charge in [0.25, 0.3) is 0 Å². The Kier molecular flexibility index (Phi) is 27.7. The highest BCUT2D eigenvalue weighted by atomic mass is 35.7. The molecule has 0 spiro atoms. The van der Waals surface area contributed by atoms with Crippen molar-refractivity contribution in [3.8, 4) is 0 Å². The summed E-state index contributed by atoms with van der Waals surface area (Å²) < 4.78 is 0. The Labute approximate surface area is 134 Å². The molecule has 0 aromatic carbocycles. The quantitative estimate of drug-likeness (QED) is 0.195. The minimum Gasteiger partial charge on any atom is -0.155 e. The number of halogens is 2. The summed E-state index contributed by atoms with van der Waals surface area (Å²) >= 11 is 9.81. The second kappa shape index (κ2) is 23.9. The molecule has 0 bridgehead atoms. The largest absolute Gasteiger partial charge is 0.222 e. The fourth-order valence-corrected chi connectivity index (χ4v) is 2.27. The third-order valence-electron chi connectivity index (χ3n) is 3.46. The van der Waals surface area contributed by atoms with Crippen molar-refractivity contribution in [1.29, 1.82) is 0 Å². The Morgan fingerprint density at radius 3 is 0.789 bits per heavy atom. The first-order valence-electron chi connectivity index (χ1n) is 8.45. The van der Waals surface area contributed by atoms with Crippen molar-refractivity contribution in [2.45, 2.75) is 104 Å². The van der Waals surface area contributed by atoms with Crippen LogP contribution in [-0.2, 0) is 0 Å². The molecule has 19 heavy (non-hydrogen) atoms. The van der Waals surface area contributed by atoms with E-state index in [0.29, 0.717) is 0 Å². The maximum Gasteiger partial charge on any atom is 0.222 e. The number of rotatable bonds is 13. The third kappa shape index (κ3) is 27.9. The predicted octanol–water partition coefficient (Wildman–Crippen LogP) is 6.95. The molecular weight excluding hydrogens is 291 g/mol. The third-order valence-corrected chi connectivity index (χ3v) is 3.46. The zero-order chi connectivity index (χ0) is 14.6. The van der Waals surface area contributed by atoms with Crippen LogP contribution in [0, 0.1) is 0 Å². The summed E-state index contributed by atoms with van der Waals surface area (Å²) in [6.45, 7) is 4.58. The number of unbranched alkanes of at least 4 members (excludes halogenated alkanes) is 13. The zero-order valence-electron chi connectivity index (χ0n) is 13.4. The van der Waals surface area contributed by atoms with Gasteiger partial charge in [0.05, 0.1) is 0 Å². The fourth-order valence-electron chi connectivity index (χ4n) is 2.27. The van der Waals surface area contributed by atoms with Gasteiger partial charge in [-0.15, -0.1) is 0 Å². The fraction of sp³-hybridized carbons (Fsp3) is 1.00.